The molecule has 2 rings (SSSR count). The largest absolute Gasteiger partial charge is 0.507 e. The van der Waals surface area contributed by atoms with Gasteiger partial charge in [0, 0.05) is 11.6 Å². The Morgan fingerprint density at radius 2 is 2.06 bits per heavy atom. The molecule has 0 aromatic heterocycles. The Kier molecular flexibility index (Phi) is 3.41. The molecule has 0 aliphatic carbocycles. The predicted octanol–water partition coefficient (Wildman–Crippen LogP) is 2.35. The summed E-state index contributed by atoms with van der Waals surface area (Å²) >= 11 is 9.11. The second kappa shape index (κ2) is 4.67. The fraction of sp³-hybridized carbons (Fsp3) is 0. The third-order valence-corrected chi connectivity index (χ3v) is 3.82. The van der Waals surface area contributed by atoms with Gasteiger partial charge in [0.2, 0.25) is 0 Å². The first-order valence-corrected chi connectivity index (χ1v) is 6.45. The summed E-state index contributed by atoms with van der Waals surface area (Å²) in [6.45, 7) is 0. The SMILES string of the molecule is O=C1NC(=S)SC1=Cc1cc(Br)c(O)cc1O. The molecule has 7 heteroatoms. The van der Waals surface area contributed by atoms with Crippen LogP contribution in [-0.2, 0) is 4.79 Å². The van der Waals surface area contributed by atoms with Crippen LogP contribution < -0.4 is 5.32 Å². The number of phenolic OH excluding ortho intramolecular Hbond substituents is 2. The minimum Gasteiger partial charge on any atom is -0.507 e. The average molecular weight is 332 g/mol. The number of carbonyl (C=O) groups is 1. The Morgan fingerprint density at radius 3 is 2.65 bits per heavy atom. The molecule has 1 aliphatic heterocycles. The van der Waals surface area contributed by atoms with Gasteiger partial charge in [-0.25, -0.2) is 0 Å². The van der Waals surface area contributed by atoms with Gasteiger partial charge in [-0.3, -0.25) is 4.79 Å². The molecule has 17 heavy (non-hydrogen) atoms. The second-order valence-electron chi connectivity index (χ2n) is 3.21. The Bertz CT molecular complexity index is 557. The molecule has 0 saturated carbocycles. The number of halogens is 1. The summed E-state index contributed by atoms with van der Waals surface area (Å²) in [7, 11) is 0. The number of hydrogen-bond donors (Lipinski definition) is 3. The van der Waals surface area contributed by atoms with Gasteiger partial charge in [-0.05, 0) is 28.1 Å². The van der Waals surface area contributed by atoms with E-state index < -0.39 is 0 Å². The molecular weight excluding hydrogens is 326 g/mol. The van der Waals surface area contributed by atoms with E-state index in [9.17, 15) is 15.0 Å². The molecule has 0 atom stereocenters. The van der Waals surface area contributed by atoms with Crippen LogP contribution in [-0.4, -0.2) is 20.4 Å². The van der Waals surface area contributed by atoms with Crippen molar-refractivity contribution in [3.63, 3.8) is 0 Å². The molecule has 1 aliphatic rings. The van der Waals surface area contributed by atoms with Gasteiger partial charge < -0.3 is 15.5 Å². The number of hydrogen-bond acceptors (Lipinski definition) is 5. The fourth-order valence-corrected chi connectivity index (χ4v) is 2.64. The van der Waals surface area contributed by atoms with Gasteiger partial charge in [-0.1, -0.05) is 24.0 Å². The molecule has 1 aromatic carbocycles. The minimum atomic E-state index is -0.288. The highest BCUT2D eigenvalue weighted by atomic mass is 79.9. The first-order chi connectivity index (χ1) is 7.97. The van der Waals surface area contributed by atoms with Gasteiger partial charge in [0.15, 0.2) is 0 Å². The first kappa shape index (κ1) is 12.4. The van der Waals surface area contributed by atoms with Crippen LogP contribution in [0.3, 0.4) is 0 Å². The summed E-state index contributed by atoms with van der Waals surface area (Å²) in [5.41, 5.74) is 0.428. The van der Waals surface area contributed by atoms with Crippen LogP contribution in [0.15, 0.2) is 21.5 Å². The number of benzene rings is 1. The Morgan fingerprint density at radius 1 is 1.35 bits per heavy atom. The number of nitrogens with one attached hydrogen (secondary N) is 1. The van der Waals surface area contributed by atoms with E-state index >= 15 is 0 Å². The van der Waals surface area contributed by atoms with E-state index in [0.29, 0.717) is 19.3 Å². The Balaban J connectivity index is 2.42. The Hall–Kier alpha value is -1.05. The average Bonchev–Trinajstić information content (AvgIpc) is 2.54. The van der Waals surface area contributed by atoms with Gasteiger partial charge in [-0.2, -0.15) is 0 Å². The molecule has 1 heterocycles. The van der Waals surface area contributed by atoms with Crippen LogP contribution in [0.25, 0.3) is 6.08 Å². The van der Waals surface area contributed by atoms with E-state index in [1.807, 2.05) is 0 Å². The normalized spacial score (nSPS) is 17.6. The maximum atomic E-state index is 11.4. The molecule has 0 spiro atoms. The minimum absolute atomic E-state index is 0.0660. The van der Waals surface area contributed by atoms with Crippen LogP contribution >= 0.6 is 39.9 Å². The van der Waals surface area contributed by atoms with Crippen molar-refractivity contribution in [3.8, 4) is 11.5 Å². The lowest BCUT2D eigenvalue weighted by Crippen LogP contribution is -2.17. The van der Waals surface area contributed by atoms with Crippen LogP contribution in [0.5, 0.6) is 11.5 Å². The number of thiocarbonyl (C=S) groups is 1. The van der Waals surface area contributed by atoms with E-state index in [1.54, 1.807) is 0 Å². The molecule has 88 valence electrons. The maximum absolute atomic E-state index is 11.4. The summed E-state index contributed by atoms with van der Waals surface area (Å²) in [4.78, 5) is 11.8. The monoisotopic (exact) mass is 331 g/mol. The second-order valence-corrected chi connectivity index (χ2v) is 5.79. The molecule has 0 bridgehead atoms. The molecule has 0 unspecified atom stereocenters. The van der Waals surface area contributed by atoms with Gasteiger partial charge in [0.05, 0.1) is 9.38 Å². The zero-order valence-corrected chi connectivity index (χ0v) is 11.4. The van der Waals surface area contributed by atoms with Crippen LogP contribution in [0, 0.1) is 0 Å². The highest BCUT2D eigenvalue weighted by Crippen LogP contribution is 2.34. The van der Waals surface area contributed by atoms with Gasteiger partial charge in [0.25, 0.3) is 5.91 Å². The van der Waals surface area contributed by atoms with E-state index in [-0.39, 0.29) is 17.4 Å². The number of carbonyl (C=O) groups excluding carboxylic acids is 1. The number of thioether (sulfide) groups is 1. The smallest absolute Gasteiger partial charge is 0.263 e. The zero-order valence-electron chi connectivity index (χ0n) is 8.23. The van der Waals surface area contributed by atoms with E-state index in [1.165, 1.54) is 18.2 Å². The quantitative estimate of drug-likeness (QED) is 0.544. The van der Waals surface area contributed by atoms with Gasteiger partial charge >= 0.3 is 0 Å². The van der Waals surface area contributed by atoms with Gasteiger partial charge in [-0.15, -0.1) is 0 Å². The molecule has 1 saturated heterocycles. The standard InChI is InChI=1S/C10H6BrNO3S2/c11-5-1-4(6(13)3-7(5)14)2-8-9(15)12-10(16)17-8/h1-3,13-14H,(H,12,15,16). The maximum Gasteiger partial charge on any atom is 0.263 e. The lowest BCUT2D eigenvalue weighted by Gasteiger charge is -2.03. The van der Waals surface area contributed by atoms with E-state index in [4.69, 9.17) is 12.2 Å². The van der Waals surface area contributed by atoms with Crippen molar-refractivity contribution in [1.82, 2.24) is 5.32 Å². The Labute approximate surface area is 115 Å². The highest BCUT2D eigenvalue weighted by Gasteiger charge is 2.22. The van der Waals surface area contributed by atoms with Crippen molar-refractivity contribution < 1.29 is 15.0 Å². The molecule has 0 radical (unpaired) electrons. The topological polar surface area (TPSA) is 69.6 Å². The van der Waals surface area contributed by atoms with E-state index in [2.05, 4.69) is 21.2 Å². The number of aromatic hydroxyl groups is 2. The third kappa shape index (κ3) is 2.62. The summed E-state index contributed by atoms with van der Waals surface area (Å²) in [6.07, 6.45) is 1.51. The first-order valence-electron chi connectivity index (χ1n) is 4.43. The molecule has 1 amide bonds. The van der Waals surface area contributed by atoms with Gasteiger partial charge in [0.1, 0.15) is 15.8 Å². The van der Waals surface area contributed by atoms with Crippen LogP contribution in [0.4, 0.5) is 0 Å². The predicted molar refractivity (Wildman–Crippen MR) is 73.8 cm³/mol. The molecule has 1 aromatic rings. The molecule has 1 fully saturated rings. The van der Waals surface area contributed by atoms with Crippen molar-refractivity contribution in [2.24, 2.45) is 0 Å². The lowest BCUT2D eigenvalue weighted by molar-refractivity contribution is -0.115. The van der Waals surface area contributed by atoms with Crippen molar-refractivity contribution in [3.05, 3.63) is 27.1 Å². The molecule has 3 N–H and O–H groups in total. The van der Waals surface area contributed by atoms with Crippen LogP contribution in [0.2, 0.25) is 0 Å². The van der Waals surface area contributed by atoms with E-state index in [0.717, 1.165) is 11.8 Å². The summed E-state index contributed by atoms with van der Waals surface area (Å²) < 4.78 is 0.826. The summed E-state index contributed by atoms with van der Waals surface area (Å²) in [5.74, 6) is -0.461. The summed E-state index contributed by atoms with van der Waals surface area (Å²) in [6, 6.07) is 2.72. The van der Waals surface area contributed by atoms with Crippen molar-refractivity contribution in [2.45, 2.75) is 0 Å². The number of phenols is 2. The zero-order chi connectivity index (χ0) is 12.6. The van der Waals surface area contributed by atoms with Crippen molar-refractivity contribution in [2.75, 3.05) is 0 Å². The van der Waals surface area contributed by atoms with Crippen LogP contribution in [0.1, 0.15) is 5.56 Å². The fourth-order valence-electron chi connectivity index (χ4n) is 1.24. The number of rotatable bonds is 1. The highest BCUT2D eigenvalue weighted by molar-refractivity contribution is 9.10. The third-order valence-electron chi connectivity index (χ3n) is 2.02. The number of amides is 1. The summed E-state index contributed by atoms with van der Waals surface area (Å²) in [5, 5.41) is 21.5. The van der Waals surface area contributed by atoms with Crippen molar-refractivity contribution in [1.29, 1.82) is 0 Å². The van der Waals surface area contributed by atoms with Crippen molar-refractivity contribution >= 4 is 56.2 Å². The molecular formula is C10H6BrNO3S2. The molecule has 4 nitrogen and oxygen atoms in total. The lowest BCUT2D eigenvalue weighted by atomic mass is 10.1.